The van der Waals surface area contributed by atoms with Gasteiger partial charge in [-0.05, 0) is 31.8 Å². The zero-order chi connectivity index (χ0) is 21.8. The van der Waals surface area contributed by atoms with Crippen LogP contribution in [0.3, 0.4) is 0 Å². The van der Waals surface area contributed by atoms with Crippen LogP contribution in [0.2, 0.25) is 0 Å². The van der Waals surface area contributed by atoms with E-state index in [0.29, 0.717) is 0 Å². The van der Waals surface area contributed by atoms with Crippen molar-refractivity contribution < 1.29 is 0 Å². The maximum absolute atomic E-state index is 3.52. The third kappa shape index (κ3) is 27.7. The first-order valence-electron chi connectivity index (χ1n) is 14.5. The largest absolute Gasteiger partial charge is 0.0811 e. The van der Waals surface area contributed by atoms with Crippen molar-refractivity contribution in [3.05, 3.63) is 12.2 Å². The normalized spacial score (nSPS) is 11.7. The van der Waals surface area contributed by atoms with E-state index in [4.69, 9.17) is 0 Å². The van der Waals surface area contributed by atoms with Gasteiger partial charge in [0.15, 0.2) is 0 Å². The summed E-state index contributed by atoms with van der Waals surface area (Å²) in [4.78, 5) is 0. The van der Waals surface area contributed by atoms with E-state index in [1.165, 1.54) is 167 Å². The van der Waals surface area contributed by atoms with Gasteiger partial charge in [-0.1, -0.05) is 161 Å². The minimum absolute atomic E-state index is 1.19. The molecule has 0 heteroatoms. The molecular formula is C30H59. The molecule has 0 bridgehead atoms. The highest BCUT2D eigenvalue weighted by molar-refractivity contribution is 4.73. The van der Waals surface area contributed by atoms with Crippen molar-refractivity contribution in [2.24, 2.45) is 0 Å². The van der Waals surface area contributed by atoms with Crippen molar-refractivity contribution in [1.82, 2.24) is 0 Å². The molecule has 179 valence electrons. The molecule has 0 rings (SSSR count). The third-order valence-corrected chi connectivity index (χ3v) is 6.52. The Morgan fingerprint density at radius 2 is 0.667 bits per heavy atom. The molecule has 0 amide bonds. The first-order chi connectivity index (χ1) is 14.9. The monoisotopic (exact) mass is 419 g/mol. The number of unbranched alkanes of at least 4 members (excludes halogenated alkanes) is 24. The fourth-order valence-corrected chi connectivity index (χ4v) is 4.36. The molecule has 0 aliphatic carbocycles. The maximum Gasteiger partial charge on any atom is -0.0279 e. The first kappa shape index (κ1) is 29.7. The Kier molecular flexibility index (Phi) is 28.5. The van der Waals surface area contributed by atoms with Crippen LogP contribution < -0.4 is 0 Å². The average molecular weight is 420 g/mol. The van der Waals surface area contributed by atoms with Gasteiger partial charge in [0, 0.05) is 0 Å². The van der Waals surface area contributed by atoms with Gasteiger partial charge >= 0.3 is 0 Å². The highest BCUT2D eigenvalue weighted by atomic mass is 14.0. The van der Waals surface area contributed by atoms with Crippen LogP contribution in [-0.2, 0) is 0 Å². The second kappa shape index (κ2) is 28.7. The van der Waals surface area contributed by atoms with Gasteiger partial charge in [-0.25, -0.2) is 0 Å². The lowest BCUT2D eigenvalue weighted by Crippen LogP contribution is -1.84. The third-order valence-electron chi connectivity index (χ3n) is 6.52. The molecule has 0 aliphatic heterocycles. The molecule has 0 aromatic heterocycles. The standard InChI is InChI=1S/C30H59/c1-3-5-7-9-11-13-15-17-19-21-23-25-27-29-30-28-26-24-22-20-18-16-14-12-10-8-6-4-2/h17H,3-16,18,20-30H2,1-2H3. The zero-order valence-electron chi connectivity index (χ0n) is 21.5. The molecule has 1 radical (unpaired) electrons. The molecule has 0 saturated carbocycles. The van der Waals surface area contributed by atoms with Crippen LogP contribution in [0.4, 0.5) is 0 Å². The molecule has 0 atom stereocenters. The molecule has 0 aromatic carbocycles. The minimum Gasteiger partial charge on any atom is -0.0811 e. The summed E-state index contributed by atoms with van der Waals surface area (Å²) in [6.07, 6.45) is 42.9. The van der Waals surface area contributed by atoms with Gasteiger partial charge in [0.05, 0.1) is 0 Å². The predicted molar refractivity (Wildman–Crippen MR) is 139 cm³/mol. The summed E-state index contributed by atoms with van der Waals surface area (Å²) in [6.45, 7) is 4.59. The Hall–Kier alpha value is -0.260. The quantitative estimate of drug-likeness (QED) is 0.122. The SMILES string of the molecule is CCCCCCCCC=[C]CCCCCCCCCCCCCCCCCCCC. The van der Waals surface area contributed by atoms with Crippen molar-refractivity contribution in [3.63, 3.8) is 0 Å². The highest BCUT2D eigenvalue weighted by Gasteiger charge is 1.95. The molecule has 0 spiro atoms. The Labute approximate surface area is 193 Å². The Morgan fingerprint density at radius 1 is 0.367 bits per heavy atom. The molecule has 30 heavy (non-hydrogen) atoms. The molecule has 0 fully saturated rings. The number of allylic oxidation sites excluding steroid dienone is 2. The first-order valence-corrected chi connectivity index (χ1v) is 14.5. The fraction of sp³-hybridized carbons (Fsp3) is 0.933. The van der Waals surface area contributed by atoms with Gasteiger partial charge in [-0.15, -0.1) is 0 Å². The number of hydrogen-bond acceptors (Lipinski definition) is 0. The van der Waals surface area contributed by atoms with Gasteiger partial charge in [0.2, 0.25) is 0 Å². The average Bonchev–Trinajstić information content (AvgIpc) is 2.76. The van der Waals surface area contributed by atoms with Crippen LogP contribution in [0.1, 0.15) is 181 Å². The van der Waals surface area contributed by atoms with E-state index in [1.54, 1.807) is 0 Å². The lowest BCUT2D eigenvalue weighted by Gasteiger charge is -2.03. The summed E-state index contributed by atoms with van der Waals surface area (Å²) in [5.74, 6) is 0. The van der Waals surface area contributed by atoms with Gasteiger partial charge in [0.25, 0.3) is 0 Å². The van der Waals surface area contributed by atoms with Crippen LogP contribution in [0.5, 0.6) is 0 Å². The summed E-state index contributed by atoms with van der Waals surface area (Å²) in [5.41, 5.74) is 0. The summed E-state index contributed by atoms with van der Waals surface area (Å²) >= 11 is 0. The lowest BCUT2D eigenvalue weighted by atomic mass is 10.0. The van der Waals surface area contributed by atoms with Crippen molar-refractivity contribution in [2.45, 2.75) is 181 Å². The molecule has 0 nitrogen and oxygen atoms in total. The van der Waals surface area contributed by atoms with Crippen molar-refractivity contribution in [2.75, 3.05) is 0 Å². The lowest BCUT2D eigenvalue weighted by molar-refractivity contribution is 0.525. The van der Waals surface area contributed by atoms with Crippen LogP contribution in [-0.4, -0.2) is 0 Å². The van der Waals surface area contributed by atoms with E-state index >= 15 is 0 Å². The Bertz CT molecular complexity index is 303. The molecule has 0 heterocycles. The van der Waals surface area contributed by atoms with Crippen LogP contribution in [0.15, 0.2) is 6.08 Å². The van der Waals surface area contributed by atoms with E-state index < -0.39 is 0 Å². The van der Waals surface area contributed by atoms with Crippen LogP contribution >= 0.6 is 0 Å². The van der Waals surface area contributed by atoms with E-state index in [2.05, 4.69) is 26.0 Å². The minimum atomic E-state index is 1.19. The van der Waals surface area contributed by atoms with Crippen molar-refractivity contribution in [3.8, 4) is 0 Å². The van der Waals surface area contributed by atoms with Crippen molar-refractivity contribution >= 4 is 0 Å². The van der Waals surface area contributed by atoms with E-state index in [9.17, 15) is 0 Å². The number of hydrogen-bond donors (Lipinski definition) is 0. The second-order valence-electron chi connectivity index (χ2n) is 9.73. The summed E-state index contributed by atoms with van der Waals surface area (Å²) in [6, 6.07) is 0. The summed E-state index contributed by atoms with van der Waals surface area (Å²) < 4.78 is 0. The molecule has 0 N–H and O–H groups in total. The smallest absolute Gasteiger partial charge is 0.0279 e. The molecule has 0 unspecified atom stereocenters. The maximum atomic E-state index is 3.52. The second-order valence-corrected chi connectivity index (χ2v) is 9.73. The van der Waals surface area contributed by atoms with Crippen LogP contribution in [0.25, 0.3) is 0 Å². The van der Waals surface area contributed by atoms with E-state index in [0.717, 1.165) is 0 Å². The van der Waals surface area contributed by atoms with Gasteiger partial charge in [-0.3, -0.25) is 0 Å². The van der Waals surface area contributed by atoms with Crippen molar-refractivity contribution in [1.29, 1.82) is 0 Å². The topological polar surface area (TPSA) is 0 Å². The molecule has 0 aliphatic rings. The van der Waals surface area contributed by atoms with Gasteiger partial charge in [-0.2, -0.15) is 0 Å². The van der Waals surface area contributed by atoms with E-state index in [1.807, 2.05) is 0 Å². The summed E-state index contributed by atoms with van der Waals surface area (Å²) in [7, 11) is 0. The van der Waals surface area contributed by atoms with Gasteiger partial charge in [0.1, 0.15) is 0 Å². The number of rotatable bonds is 26. The summed E-state index contributed by atoms with van der Waals surface area (Å²) in [5, 5.41) is 0. The molecule has 0 aromatic rings. The van der Waals surface area contributed by atoms with Crippen LogP contribution in [0, 0.1) is 6.08 Å². The van der Waals surface area contributed by atoms with E-state index in [-0.39, 0.29) is 0 Å². The highest BCUT2D eigenvalue weighted by Crippen LogP contribution is 2.14. The molecule has 0 saturated heterocycles. The van der Waals surface area contributed by atoms with Gasteiger partial charge < -0.3 is 0 Å². The fourth-order valence-electron chi connectivity index (χ4n) is 4.36. The Balaban J connectivity index is 3.04. The Morgan fingerprint density at radius 3 is 1.03 bits per heavy atom. The zero-order valence-corrected chi connectivity index (χ0v) is 21.5. The predicted octanol–water partition coefficient (Wildman–Crippen LogP) is 11.5. The molecular weight excluding hydrogens is 360 g/mol.